The molecule has 0 saturated heterocycles. The van der Waals surface area contributed by atoms with Gasteiger partial charge in [-0.25, -0.2) is 0 Å². The second-order valence-corrected chi connectivity index (χ2v) is 14.4. The lowest BCUT2D eigenvalue weighted by Gasteiger charge is -2.34. The first kappa shape index (κ1) is 28.8. The minimum absolute atomic E-state index is 0.381. The van der Waals surface area contributed by atoms with Gasteiger partial charge in [-0.15, -0.1) is 11.3 Å². The average Bonchev–Trinajstić information content (AvgIpc) is 3.50. The molecule has 2 unspecified atom stereocenters. The summed E-state index contributed by atoms with van der Waals surface area (Å²) in [5.41, 5.74) is 8.99. The van der Waals surface area contributed by atoms with Gasteiger partial charge in [-0.1, -0.05) is 110 Å². The number of hydrogen-bond acceptors (Lipinski definition) is 3. The Labute approximate surface area is 275 Å². The van der Waals surface area contributed by atoms with Crippen molar-refractivity contribution in [3.05, 3.63) is 156 Å². The first-order valence-corrected chi connectivity index (χ1v) is 17.4. The van der Waals surface area contributed by atoms with Crippen molar-refractivity contribution >= 4 is 31.5 Å². The third kappa shape index (κ3) is 5.33. The van der Waals surface area contributed by atoms with Gasteiger partial charge in [0.2, 0.25) is 0 Å². The summed E-state index contributed by atoms with van der Waals surface area (Å²) in [5.74, 6) is 0.985. The van der Waals surface area contributed by atoms with E-state index in [0.717, 1.165) is 40.3 Å². The van der Waals surface area contributed by atoms with Crippen LogP contribution >= 0.6 is 11.3 Å². The highest BCUT2D eigenvalue weighted by molar-refractivity contribution is 7.25. The third-order valence-electron chi connectivity index (χ3n) is 10.0. The van der Waals surface area contributed by atoms with Gasteiger partial charge in [-0.3, -0.25) is 9.97 Å². The molecule has 46 heavy (non-hydrogen) atoms. The van der Waals surface area contributed by atoms with Crippen LogP contribution < -0.4 is 0 Å². The van der Waals surface area contributed by atoms with Crippen LogP contribution in [0.3, 0.4) is 0 Å². The van der Waals surface area contributed by atoms with Crippen molar-refractivity contribution in [2.75, 3.05) is 0 Å². The summed E-state index contributed by atoms with van der Waals surface area (Å²) < 4.78 is 2.78. The van der Waals surface area contributed by atoms with Crippen LogP contribution in [-0.4, -0.2) is 9.97 Å². The summed E-state index contributed by atoms with van der Waals surface area (Å²) in [4.78, 5) is 10.7. The van der Waals surface area contributed by atoms with E-state index in [1.165, 1.54) is 50.6 Å². The first-order chi connectivity index (χ1) is 22.5. The molecule has 0 amide bonds. The van der Waals surface area contributed by atoms with Crippen molar-refractivity contribution in [2.45, 2.75) is 56.8 Å². The van der Waals surface area contributed by atoms with Gasteiger partial charge in [0.1, 0.15) is 0 Å². The first-order valence-electron chi connectivity index (χ1n) is 16.6. The lowest BCUT2D eigenvalue weighted by Crippen LogP contribution is -2.26. The lowest BCUT2D eigenvalue weighted by atomic mass is 9.71. The Morgan fingerprint density at radius 3 is 2.04 bits per heavy atom. The maximum Gasteiger partial charge on any atom is 0.0705 e. The number of rotatable bonds is 6. The Balaban J connectivity index is 1.18. The molecular formula is C43H38N2S. The number of pyridine rings is 2. The predicted octanol–water partition coefficient (Wildman–Crippen LogP) is 11.9. The van der Waals surface area contributed by atoms with Gasteiger partial charge in [0.05, 0.1) is 22.8 Å². The summed E-state index contributed by atoms with van der Waals surface area (Å²) in [5, 5.41) is 2.75. The van der Waals surface area contributed by atoms with Crippen molar-refractivity contribution in [1.29, 1.82) is 0 Å². The molecule has 0 aliphatic heterocycles. The van der Waals surface area contributed by atoms with Crippen LogP contribution in [0.1, 0.15) is 73.9 Å². The molecule has 1 aliphatic carbocycles. The van der Waals surface area contributed by atoms with E-state index in [4.69, 9.17) is 9.97 Å². The van der Waals surface area contributed by atoms with E-state index >= 15 is 0 Å². The quantitative estimate of drug-likeness (QED) is 0.186. The van der Waals surface area contributed by atoms with Gasteiger partial charge < -0.3 is 0 Å². The van der Waals surface area contributed by atoms with Crippen molar-refractivity contribution in [2.24, 2.45) is 0 Å². The fourth-order valence-corrected chi connectivity index (χ4v) is 8.67. The monoisotopic (exact) mass is 614 g/mol. The van der Waals surface area contributed by atoms with Crippen LogP contribution in [-0.2, 0) is 5.41 Å². The molecule has 3 heterocycles. The van der Waals surface area contributed by atoms with Crippen molar-refractivity contribution in [3.8, 4) is 22.5 Å². The van der Waals surface area contributed by atoms with Crippen LogP contribution in [0.15, 0.2) is 133 Å². The molecule has 2 nitrogen and oxygen atoms in total. The Morgan fingerprint density at radius 2 is 1.26 bits per heavy atom. The molecule has 1 fully saturated rings. The Bertz CT molecular complexity index is 2150. The molecule has 7 aromatic rings. The van der Waals surface area contributed by atoms with Gasteiger partial charge in [-0.2, -0.15) is 0 Å². The zero-order chi connectivity index (χ0) is 31.1. The van der Waals surface area contributed by atoms with E-state index in [1.54, 1.807) is 0 Å². The smallest absolute Gasteiger partial charge is 0.0705 e. The standard InChI is InChI=1S/C43H38N2S/c1-43(2,41-22-12-20-37(44-41)29-13-5-3-6-14-29)42-34(25-26-38(45-42)30-15-7-4-8-16-30)33-18-11-17-31(27-33)32-23-24-36-35-19-9-10-21-39(35)46-40(36)28-32/h3-10,12-16,19-26,28,31,33H,11,17-18,27H2,1-2H3. The van der Waals surface area contributed by atoms with Crippen LogP contribution in [0.25, 0.3) is 42.7 Å². The molecule has 0 radical (unpaired) electrons. The minimum Gasteiger partial charge on any atom is -0.252 e. The fourth-order valence-electron chi connectivity index (χ4n) is 7.51. The second kappa shape index (κ2) is 12.0. The summed E-state index contributed by atoms with van der Waals surface area (Å²) in [6.07, 6.45) is 4.79. The number of aromatic nitrogens is 2. The maximum absolute atomic E-state index is 5.49. The lowest BCUT2D eigenvalue weighted by molar-refractivity contribution is 0.388. The van der Waals surface area contributed by atoms with Crippen molar-refractivity contribution in [1.82, 2.24) is 9.97 Å². The normalized spacial score (nSPS) is 17.0. The van der Waals surface area contributed by atoms with E-state index in [1.807, 2.05) is 11.3 Å². The van der Waals surface area contributed by atoms with Crippen LogP contribution in [0.5, 0.6) is 0 Å². The number of hydrogen-bond donors (Lipinski definition) is 0. The zero-order valence-electron chi connectivity index (χ0n) is 26.5. The highest BCUT2D eigenvalue weighted by Gasteiger charge is 2.34. The number of fused-ring (bicyclic) bond motifs is 3. The fraction of sp³-hybridized carbons (Fsp3) is 0.209. The maximum atomic E-state index is 5.49. The highest BCUT2D eigenvalue weighted by Crippen LogP contribution is 2.46. The van der Waals surface area contributed by atoms with Gasteiger partial charge >= 0.3 is 0 Å². The van der Waals surface area contributed by atoms with Crippen LogP contribution in [0, 0.1) is 0 Å². The SMILES string of the molecule is CC(C)(c1cccc(-c2ccccc2)n1)c1nc(-c2ccccc2)ccc1C1CCCC(c2ccc3c(c2)sc2ccccc23)C1. The van der Waals surface area contributed by atoms with Crippen molar-refractivity contribution in [3.63, 3.8) is 0 Å². The largest absolute Gasteiger partial charge is 0.252 e. The summed E-state index contributed by atoms with van der Waals surface area (Å²) in [6.45, 7) is 4.61. The van der Waals surface area contributed by atoms with Crippen LogP contribution in [0.2, 0.25) is 0 Å². The van der Waals surface area contributed by atoms with Gasteiger partial charge in [0.15, 0.2) is 0 Å². The van der Waals surface area contributed by atoms with Gasteiger partial charge in [0.25, 0.3) is 0 Å². The van der Waals surface area contributed by atoms with Crippen LogP contribution in [0.4, 0.5) is 0 Å². The van der Waals surface area contributed by atoms with E-state index in [-0.39, 0.29) is 5.41 Å². The molecular weight excluding hydrogens is 577 g/mol. The zero-order valence-corrected chi connectivity index (χ0v) is 27.3. The molecule has 8 rings (SSSR count). The van der Waals surface area contributed by atoms with E-state index in [9.17, 15) is 0 Å². The number of nitrogens with zero attached hydrogens (tertiary/aromatic N) is 2. The Morgan fingerprint density at radius 1 is 0.587 bits per heavy atom. The van der Waals surface area contributed by atoms with Gasteiger partial charge in [-0.05, 0) is 86.4 Å². The highest BCUT2D eigenvalue weighted by atomic mass is 32.1. The van der Waals surface area contributed by atoms with E-state index < -0.39 is 0 Å². The third-order valence-corrected chi connectivity index (χ3v) is 11.2. The number of benzene rings is 4. The van der Waals surface area contributed by atoms with E-state index in [0.29, 0.717) is 11.8 Å². The molecule has 1 aliphatic rings. The van der Waals surface area contributed by atoms with Crippen molar-refractivity contribution < 1.29 is 0 Å². The minimum atomic E-state index is -0.381. The molecule has 1 saturated carbocycles. The number of thiophene rings is 1. The molecule has 0 N–H and O–H groups in total. The topological polar surface area (TPSA) is 25.8 Å². The Kier molecular flexibility index (Phi) is 7.50. The molecule has 0 bridgehead atoms. The van der Waals surface area contributed by atoms with E-state index in [2.05, 4.69) is 147 Å². The average molecular weight is 615 g/mol. The van der Waals surface area contributed by atoms with Gasteiger partial charge in [0, 0.05) is 36.7 Å². The molecule has 2 atom stereocenters. The summed E-state index contributed by atoms with van der Waals surface area (Å²) in [7, 11) is 0. The predicted molar refractivity (Wildman–Crippen MR) is 195 cm³/mol. The molecule has 3 aromatic heterocycles. The Hall–Kier alpha value is -4.60. The second-order valence-electron chi connectivity index (χ2n) is 13.3. The molecule has 0 spiro atoms. The molecule has 3 heteroatoms. The summed E-state index contributed by atoms with van der Waals surface area (Å²) in [6, 6.07) is 48.2. The molecule has 4 aromatic carbocycles. The molecule has 226 valence electrons. The summed E-state index contributed by atoms with van der Waals surface area (Å²) >= 11 is 1.92.